The second kappa shape index (κ2) is 6.25. The molecule has 76 valence electrons. The van der Waals surface area contributed by atoms with Gasteiger partial charge in [-0.05, 0) is 18.4 Å². The number of aryl methyl sites for hydroxylation is 1. The van der Waals surface area contributed by atoms with Crippen LogP contribution < -0.4 is 0 Å². The van der Waals surface area contributed by atoms with Crippen LogP contribution in [0.5, 0.6) is 0 Å². The van der Waals surface area contributed by atoms with E-state index in [9.17, 15) is 0 Å². The second-order valence-corrected chi connectivity index (χ2v) is 3.37. The van der Waals surface area contributed by atoms with Crippen LogP contribution in [0.2, 0.25) is 0 Å². The Morgan fingerprint density at radius 1 is 1.29 bits per heavy atom. The fraction of sp³-hybridized carbons (Fsp3) is 0.385. The molecule has 0 spiro atoms. The van der Waals surface area contributed by atoms with Gasteiger partial charge in [0.15, 0.2) is 0 Å². The molecule has 14 heavy (non-hydrogen) atoms. The van der Waals surface area contributed by atoms with Crippen LogP contribution in [0.4, 0.5) is 0 Å². The molecule has 0 heterocycles. The average molecular weight is 190 g/mol. The number of ether oxygens (including phenoxy) is 1. The molecule has 0 aromatic heterocycles. The fourth-order valence-electron chi connectivity index (χ4n) is 1.25. The lowest BCUT2D eigenvalue weighted by molar-refractivity contribution is 0.204. The van der Waals surface area contributed by atoms with E-state index in [4.69, 9.17) is 4.74 Å². The van der Waals surface area contributed by atoms with Gasteiger partial charge in [-0.25, -0.2) is 0 Å². The van der Waals surface area contributed by atoms with Gasteiger partial charge in [0.1, 0.15) is 0 Å². The molecule has 1 nitrogen and oxygen atoms in total. The molecule has 0 radical (unpaired) electrons. The van der Waals surface area contributed by atoms with Crippen LogP contribution >= 0.6 is 0 Å². The third-order valence-corrected chi connectivity index (χ3v) is 2.05. The molecule has 0 N–H and O–H groups in total. The van der Waals surface area contributed by atoms with Crippen molar-refractivity contribution in [2.75, 3.05) is 6.61 Å². The van der Waals surface area contributed by atoms with Gasteiger partial charge in [-0.15, -0.1) is 0 Å². The summed E-state index contributed by atoms with van der Waals surface area (Å²) in [6, 6.07) is 10.4. The minimum absolute atomic E-state index is 0.785. The van der Waals surface area contributed by atoms with Gasteiger partial charge >= 0.3 is 0 Å². The van der Waals surface area contributed by atoms with Crippen molar-refractivity contribution in [2.24, 2.45) is 0 Å². The zero-order chi connectivity index (χ0) is 10.2. The molecular formula is C13H18O. The van der Waals surface area contributed by atoms with Gasteiger partial charge in [0.2, 0.25) is 0 Å². The molecule has 0 saturated carbocycles. The van der Waals surface area contributed by atoms with Crippen LogP contribution in [0.25, 0.3) is 0 Å². The Morgan fingerprint density at radius 2 is 2.00 bits per heavy atom. The van der Waals surface area contributed by atoms with Crippen LogP contribution in [0, 0.1) is 0 Å². The molecule has 0 aliphatic carbocycles. The van der Waals surface area contributed by atoms with Gasteiger partial charge in [-0.1, -0.05) is 43.8 Å². The second-order valence-electron chi connectivity index (χ2n) is 3.37. The maximum atomic E-state index is 5.42. The van der Waals surface area contributed by atoms with E-state index in [1.807, 2.05) is 6.07 Å². The number of rotatable bonds is 6. The Labute approximate surface area is 86.4 Å². The Kier molecular flexibility index (Phi) is 4.84. The lowest BCUT2D eigenvalue weighted by Gasteiger charge is -2.07. The van der Waals surface area contributed by atoms with Crippen molar-refractivity contribution in [3.8, 4) is 0 Å². The van der Waals surface area contributed by atoms with E-state index < -0.39 is 0 Å². The summed E-state index contributed by atoms with van der Waals surface area (Å²) in [6.45, 7) is 6.77. The standard InChI is InChI=1S/C13H18O/c1-3-11-14-12(2)9-10-13-7-5-4-6-8-13/h4-8H,2-3,9-11H2,1H3. The minimum Gasteiger partial charge on any atom is -0.499 e. The van der Waals surface area contributed by atoms with Gasteiger partial charge in [0.25, 0.3) is 0 Å². The van der Waals surface area contributed by atoms with Crippen LogP contribution in [0.15, 0.2) is 42.7 Å². The summed E-state index contributed by atoms with van der Waals surface area (Å²) in [5, 5.41) is 0. The molecule has 0 amide bonds. The molecule has 0 bridgehead atoms. The summed E-state index contributed by atoms with van der Waals surface area (Å²) in [7, 11) is 0. The molecule has 1 rings (SSSR count). The van der Waals surface area contributed by atoms with Crippen molar-refractivity contribution in [3.05, 3.63) is 48.2 Å². The first kappa shape index (κ1) is 10.8. The van der Waals surface area contributed by atoms with E-state index in [0.717, 1.165) is 31.6 Å². The van der Waals surface area contributed by atoms with Crippen molar-refractivity contribution in [2.45, 2.75) is 26.2 Å². The molecular weight excluding hydrogens is 172 g/mol. The first-order chi connectivity index (χ1) is 6.83. The zero-order valence-electron chi connectivity index (χ0n) is 8.83. The Hall–Kier alpha value is -1.24. The smallest absolute Gasteiger partial charge is 0.0891 e. The highest BCUT2D eigenvalue weighted by Crippen LogP contribution is 2.08. The number of hydrogen-bond acceptors (Lipinski definition) is 1. The van der Waals surface area contributed by atoms with Crippen LogP contribution in [-0.4, -0.2) is 6.61 Å². The lowest BCUT2D eigenvalue weighted by Crippen LogP contribution is -1.94. The van der Waals surface area contributed by atoms with E-state index in [-0.39, 0.29) is 0 Å². The van der Waals surface area contributed by atoms with E-state index in [0.29, 0.717) is 0 Å². The van der Waals surface area contributed by atoms with Gasteiger partial charge < -0.3 is 4.74 Å². The molecule has 1 aromatic carbocycles. The molecule has 0 fully saturated rings. The van der Waals surface area contributed by atoms with Crippen molar-refractivity contribution in [1.82, 2.24) is 0 Å². The van der Waals surface area contributed by atoms with E-state index in [2.05, 4.69) is 37.8 Å². The molecule has 0 unspecified atom stereocenters. The highest BCUT2D eigenvalue weighted by Gasteiger charge is 1.96. The molecule has 0 aliphatic rings. The highest BCUT2D eigenvalue weighted by molar-refractivity contribution is 5.15. The number of hydrogen-bond donors (Lipinski definition) is 0. The topological polar surface area (TPSA) is 9.23 Å². The predicted octanol–water partition coefficient (Wildman–Crippen LogP) is 3.56. The third kappa shape index (κ3) is 4.13. The van der Waals surface area contributed by atoms with Crippen LogP contribution in [0.1, 0.15) is 25.3 Å². The predicted molar refractivity (Wildman–Crippen MR) is 60.1 cm³/mol. The Balaban J connectivity index is 2.24. The monoisotopic (exact) mass is 190 g/mol. The molecule has 0 aliphatic heterocycles. The first-order valence-electron chi connectivity index (χ1n) is 5.17. The summed E-state index contributed by atoms with van der Waals surface area (Å²) in [5.41, 5.74) is 1.34. The van der Waals surface area contributed by atoms with Crippen molar-refractivity contribution >= 4 is 0 Å². The summed E-state index contributed by atoms with van der Waals surface area (Å²) in [4.78, 5) is 0. The van der Waals surface area contributed by atoms with Crippen LogP contribution in [0.3, 0.4) is 0 Å². The maximum Gasteiger partial charge on any atom is 0.0891 e. The van der Waals surface area contributed by atoms with E-state index in [1.54, 1.807) is 0 Å². The molecule has 1 aromatic rings. The number of benzene rings is 1. The number of allylic oxidation sites excluding steroid dienone is 1. The average Bonchev–Trinajstić information content (AvgIpc) is 2.25. The van der Waals surface area contributed by atoms with Gasteiger partial charge in [0, 0.05) is 6.42 Å². The summed E-state index contributed by atoms with van der Waals surface area (Å²) < 4.78 is 5.42. The van der Waals surface area contributed by atoms with E-state index in [1.165, 1.54) is 5.56 Å². The summed E-state index contributed by atoms with van der Waals surface area (Å²) in [5.74, 6) is 0.899. The minimum atomic E-state index is 0.785. The lowest BCUT2D eigenvalue weighted by atomic mass is 10.1. The quantitative estimate of drug-likeness (QED) is 0.623. The Bertz CT molecular complexity index is 264. The van der Waals surface area contributed by atoms with Gasteiger partial charge in [-0.2, -0.15) is 0 Å². The fourth-order valence-corrected chi connectivity index (χ4v) is 1.25. The molecule has 0 atom stereocenters. The summed E-state index contributed by atoms with van der Waals surface area (Å²) in [6.07, 6.45) is 2.98. The summed E-state index contributed by atoms with van der Waals surface area (Å²) >= 11 is 0. The molecule has 0 saturated heterocycles. The Morgan fingerprint density at radius 3 is 2.64 bits per heavy atom. The maximum absolute atomic E-state index is 5.42. The van der Waals surface area contributed by atoms with Crippen molar-refractivity contribution in [1.29, 1.82) is 0 Å². The first-order valence-corrected chi connectivity index (χ1v) is 5.17. The molecule has 1 heteroatoms. The zero-order valence-corrected chi connectivity index (χ0v) is 8.83. The third-order valence-electron chi connectivity index (χ3n) is 2.05. The highest BCUT2D eigenvalue weighted by atomic mass is 16.5. The van der Waals surface area contributed by atoms with Gasteiger partial charge in [0.05, 0.1) is 12.4 Å². The van der Waals surface area contributed by atoms with E-state index >= 15 is 0 Å². The normalized spacial score (nSPS) is 9.79. The van der Waals surface area contributed by atoms with Crippen molar-refractivity contribution in [3.63, 3.8) is 0 Å². The SMILES string of the molecule is C=C(CCc1ccccc1)OCCC. The largest absolute Gasteiger partial charge is 0.499 e. The van der Waals surface area contributed by atoms with Crippen LogP contribution in [-0.2, 0) is 11.2 Å². The van der Waals surface area contributed by atoms with Gasteiger partial charge in [-0.3, -0.25) is 0 Å². The van der Waals surface area contributed by atoms with Crippen molar-refractivity contribution < 1.29 is 4.74 Å².